The summed E-state index contributed by atoms with van der Waals surface area (Å²) in [6.45, 7) is 0. The van der Waals surface area contributed by atoms with E-state index < -0.39 is 35.2 Å². The summed E-state index contributed by atoms with van der Waals surface area (Å²) in [5.74, 6) is -1.57. The number of carbonyl (C=O) groups excluding carboxylic acids is 2. The summed E-state index contributed by atoms with van der Waals surface area (Å²) in [4.78, 5) is 37.4. The van der Waals surface area contributed by atoms with E-state index in [9.17, 15) is 19.5 Å². The SMILES string of the molecule is COC1=C(C(=O)O)N2C(=O)[C@@H](NC(=O)C(N)C3=CCC=CC3)[C@H]2SC1.[NaH]. The zero-order chi connectivity index (χ0) is 18.1. The van der Waals surface area contributed by atoms with Gasteiger partial charge in [-0.3, -0.25) is 14.5 Å². The van der Waals surface area contributed by atoms with Crippen molar-refractivity contribution >= 4 is 59.1 Å². The van der Waals surface area contributed by atoms with E-state index in [1.807, 2.05) is 18.2 Å². The number of nitrogens with two attached hydrogens (primary N) is 1. The van der Waals surface area contributed by atoms with Gasteiger partial charge in [-0.1, -0.05) is 18.2 Å². The molecule has 8 nitrogen and oxygen atoms in total. The Balaban J connectivity index is 0.00000243. The molecule has 3 aliphatic rings. The third-order valence-corrected chi connectivity index (χ3v) is 5.65. The van der Waals surface area contributed by atoms with Crippen LogP contribution >= 0.6 is 11.8 Å². The number of nitrogens with one attached hydrogen (secondary N) is 1. The molecule has 1 aliphatic carbocycles. The average molecular weight is 389 g/mol. The van der Waals surface area contributed by atoms with E-state index in [0.29, 0.717) is 12.2 Å². The Morgan fingerprint density at radius 2 is 2.19 bits per heavy atom. The van der Waals surface area contributed by atoms with Gasteiger partial charge in [0.15, 0.2) is 5.70 Å². The van der Waals surface area contributed by atoms with Gasteiger partial charge in [0, 0.05) is 0 Å². The number of fused-ring (bicyclic) bond motifs is 1. The first-order valence-corrected chi connectivity index (χ1v) is 8.85. The molecule has 0 aromatic rings. The summed E-state index contributed by atoms with van der Waals surface area (Å²) < 4.78 is 5.06. The molecular weight excluding hydrogens is 369 g/mol. The fourth-order valence-corrected chi connectivity index (χ4v) is 4.34. The Morgan fingerprint density at radius 1 is 1.46 bits per heavy atom. The van der Waals surface area contributed by atoms with Crippen molar-refractivity contribution in [3.63, 3.8) is 0 Å². The molecule has 0 spiro atoms. The number of ether oxygens (including phenoxy) is 1. The standard InChI is InChI=1S/C16H19N3O5S.Na.H/c1-24-9-7-25-15-11(14(21)19(15)12(9)16(22)23)18-13(20)10(17)8-5-3-2-4-6-8;;/h2-3,6,10-11,15H,4-5,7,17H2,1H3,(H,18,20)(H,22,23);;/t10?,11-,15-;;/m1../s1. The number of carboxylic acid groups (broad SMARTS) is 1. The van der Waals surface area contributed by atoms with Crippen molar-refractivity contribution in [1.29, 1.82) is 0 Å². The molecule has 0 aromatic carbocycles. The summed E-state index contributed by atoms with van der Waals surface area (Å²) in [7, 11) is 1.37. The number of β-lactam (4-membered cyclic amide) rings is 1. The second-order valence-corrected chi connectivity index (χ2v) is 6.95. The molecule has 2 heterocycles. The van der Waals surface area contributed by atoms with Gasteiger partial charge in [-0.25, -0.2) is 4.79 Å². The third-order valence-electron chi connectivity index (χ3n) is 4.40. The molecule has 0 bridgehead atoms. The first-order chi connectivity index (χ1) is 12.0. The van der Waals surface area contributed by atoms with Crippen LogP contribution in [0.15, 0.2) is 35.3 Å². The van der Waals surface area contributed by atoms with Crippen molar-refractivity contribution in [1.82, 2.24) is 10.2 Å². The third kappa shape index (κ3) is 3.72. The second-order valence-electron chi connectivity index (χ2n) is 5.85. The molecule has 0 aromatic heterocycles. The van der Waals surface area contributed by atoms with Crippen LogP contribution in [0, 0.1) is 0 Å². The van der Waals surface area contributed by atoms with E-state index in [1.54, 1.807) is 0 Å². The van der Waals surface area contributed by atoms with Crippen molar-refractivity contribution < 1.29 is 24.2 Å². The summed E-state index contributed by atoms with van der Waals surface area (Å²) in [5.41, 5.74) is 6.63. The second kappa shape index (κ2) is 8.62. The number of thioether (sulfide) groups is 1. The van der Waals surface area contributed by atoms with Crippen LogP contribution in [-0.4, -0.2) is 87.7 Å². The van der Waals surface area contributed by atoms with E-state index in [-0.39, 0.29) is 41.0 Å². The Hall–Kier alpha value is -1.26. The fourth-order valence-electron chi connectivity index (χ4n) is 3.03. The summed E-state index contributed by atoms with van der Waals surface area (Å²) in [6.07, 6.45) is 7.20. The molecule has 0 radical (unpaired) electrons. The minimum absolute atomic E-state index is 0. The number of carboxylic acids is 1. The molecule has 26 heavy (non-hydrogen) atoms. The predicted molar refractivity (Wildman–Crippen MR) is 98.3 cm³/mol. The fraction of sp³-hybridized carbons (Fsp3) is 0.438. The number of hydrogen-bond donors (Lipinski definition) is 3. The van der Waals surface area contributed by atoms with Gasteiger partial charge >= 0.3 is 35.5 Å². The number of nitrogens with zero attached hydrogens (tertiary/aromatic N) is 1. The Kier molecular flexibility index (Phi) is 6.98. The van der Waals surface area contributed by atoms with Gasteiger partial charge in [0.2, 0.25) is 5.91 Å². The number of hydrogen-bond acceptors (Lipinski definition) is 6. The maximum absolute atomic E-state index is 12.4. The predicted octanol–water partition coefficient (Wildman–Crippen LogP) is -0.716. The zero-order valence-corrected chi connectivity index (χ0v) is 14.4. The number of carbonyl (C=O) groups is 3. The summed E-state index contributed by atoms with van der Waals surface area (Å²) >= 11 is 1.35. The van der Waals surface area contributed by atoms with Gasteiger partial charge < -0.3 is 20.9 Å². The van der Waals surface area contributed by atoms with Crippen LogP contribution < -0.4 is 11.1 Å². The topological polar surface area (TPSA) is 122 Å². The number of aliphatic carboxylic acids is 1. The molecule has 1 fully saturated rings. The van der Waals surface area contributed by atoms with Crippen molar-refractivity contribution in [2.45, 2.75) is 30.3 Å². The normalized spacial score (nSPS) is 25.4. The van der Waals surface area contributed by atoms with Crippen LogP contribution in [0.3, 0.4) is 0 Å². The van der Waals surface area contributed by atoms with Crippen molar-refractivity contribution in [2.24, 2.45) is 5.73 Å². The van der Waals surface area contributed by atoms with Crippen LogP contribution in [0.4, 0.5) is 0 Å². The molecule has 3 atom stereocenters. The first kappa shape index (κ1) is 21.0. The average Bonchev–Trinajstić information content (AvgIpc) is 2.64. The van der Waals surface area contributed by atoms with Crippen LogP contribution in [0.25, 0.3) is 0 Å². The van der Waals surface area contributed by atoms with Gasteiger partial charge in [0.1, 0.15) is 23.2 Å². The quantitative estimate of drug-likeness (QED) is 0.322. The van der Waals surface area contributed by atoms with Crippen molar-refractivity contribution in [3.8, 4) is 0 Å². The monoisotopic (exact) mass is 389 g/mol. The minimum atomic E-state index is -1.23. The number of methoxy groups -OCH3 is 1. The van der Waals surface area contributed by atoms with E-state index in [0.717, 1.165) is 16.9 Å². The molecule has 2 aliphatic heterocycles. The van der Waals surface area contributed by atoms with E-state index in [1.165, 1.54) is 18.9 Å². The van der Waals surface area contributed by atoms with Gasteiger partial charge in [-0.2, -0.15) is 0 Å². The molecule has 1 saturated heterocycles. The van der Waals surface area contributed by atoms with E-state index in [4.69, 9.17) is 10.5 Å². The molecular formula is C16H20N3NaO5S. The van der Waals surface area contributed by atoms with Crippen molar-refractivity contribution in [3.05, 3.63) is 35.3 Å². The first-order valence-electron chi connectivity index (χ1n) is 7.80. The van der Waals surface area contributed by atoms with Gasteiger partial charge in [-0.05, 0) is 18.4 Å². The number of rotatable bonds is 5. The molecule has 2 amide bonds. The van der Waals surface area contributed by atoms with Crippen LogP contribution in [0.5, 0.6) is 0 Å². The molecule has 3 rings (SSSR count). The summed E-state index contributed by atoms with van der Waals surface area (Å²) in [6, 6.07) is -1.60. The Morgan fingerprint density at radius 3 is 2.77 bits per heavy atom. The number of amides is 2. The Bertz CT molecular complexity index is 721. The number of allylic oxidation sites excluding steroid dienone is 3. The van der Waals surface area contributed by atoms with Gasteiger partial charge in [0.05, 0.1) is 12.9 Å². The molecule has 4 N–H and O–H groups in total. The van der Waals surface area contributed by atoms with Crippen LogP contribution in [0.1, 0.15) is 12.8 Å². The van der Waals surface area contributed by atoms with Gasteiger partial charge in [0.25, 0.3) is 5.91 Å². The van der Waals surface area contributed by atoms with E-state index >= 15 is 0 Å². The van der Waals surface area contributed by atoms with Crippen molar-refractivity contribution in [2.75, 3.05) is 12.9 Å². The molecule has 0 saturated carbocycles. The zero-order valence-electron chi connectivity index (χ0n) is 13.6. The molecule has 10 heteroatoms. The molecule has 1 unspecified atom stereocenters. The van der Waals surface area contributed by atoms with Crippen LogP contribution in [-0.2, 0) is 19.1 Å². The summed E-state index contributed by atoms with van der Waals surface area (Å²) in [5, 5.41) is 11.5. The Labute approximate surface area is 177 Å². The maximum atomic E-state index is 12.4. The van der Waals surface area contributed by atoms with Crippen LogP contribution in [0.2, 0.25) is 0 Å². The van der Waals surface area contributed by atoms with E-state index in [2.05, 4.69) is 5.32 Å². The van der Waals surface area contributed by atoms with Gasteiger partial charge in [-0.15, -0.1) is 11.8 Å². The molecule has 136 valence electrons.